The van der Waals surface area contributed by atoms with E-state index in [2.05, 4.69) is 29.2 Å². The molecule has 6 nitrogen and oxygen atoms in total. The first-order chi connectivity index (χ1) is 15.5. The van der Waals surface area contributed by atoms with Gasteiger partial charge in [-0.05, 0) is 55.4 Å². The van der Waals surface area contributed by atoms with E-state index >= 15 is 0 Å². The number of likely N-dealkylation sites (tertiary alicyclic amines) is 1. The van der Waals surface area contributed by atoms with Crippen LogP contribution in [0.5, 0.6) is 0 Å². The van der Waals surface area contributed by atoms with Crippen molar-refractivity contribution in [1.29, 1.82) is 0 Å². The van der Waals surface area contributed by atoms with Gasteiger partial charge in [0.1, 0.15) is 6.04 Å². The molecule has 1 unspecified atom stereocenters. The van der Waals surface area contributed by atoms with Gasteiger partial charge in [0.15, 0.2) is 0 Å². The number of rotatable bonds is 4. The van der Waals surface area contributed by atoms with Gasteiger partial charge in [0.2, 0.25) is 15.9 Å². The second-order valence-corrected chi connectivity index (χ2v) is 11.0. The second-order valence-electron chi connectivity index (χ2n) is 9.13. The quantitative estimate of drug-likeness (QED) is 0.714. The van der Waals surface area contributed by atoms with Gasteiger partial charge in [0.05, 0.1) is 4.90 Å². The van der Waals surface area contributed by atoms with E-state index in [0.717, 1.165) is 38.8 Å². The van der Waals surface area contributed by atoms with Crippen molar-refractivity contribution in [3.8, 4) is 0 Å². The molecular formula is C25H31N3O3S. The summed E-state index contributed by atoms with van der Waals surface area (Å²) >= 11 is 0. The van der Waals surface area contributed by atoms with E-state index in [0.29, 0.717) is 32.1 Å². The smallest absolute Gasteiger partial charge is 0.243 e. The Morgan fingerprint density at radius 3 is 2.25 bits per heavy atom. The van der Waals surface area contributed by atoms with Crippen LogP contribution in [0.4, 0.5) is 0 Å². The second kappa shape index (κ2) is 8.96. The van der Waals surface area contributed by atoms with Crippen LogP contribution in [0.15, 0.2) is 59.5 Å². The summed E-state index contributed by atoms with van der Waals surface area (Å²) in [6.45, 7) is 3.88. The minimum Gasteiger partial charge on any atom is -0.341 e. The molecule has 3 heterocycles. The molecule has 2 fully saturated rings. The molecule has 0 N–H and O–H groups in total. The average Bonchev–Trinajstić information content (AvgIpc) is 3.35. The molecule has 5 rings (SSSR count). The molecule has 1 atom stereocenters. The maximum absolute atomic E-state index is 13.3. The number of sulfonamides is 1. The van der Waals surface area contributed by atoms with Crippen LogP contribution in [-0.4, -0.2) is 66.7 Å². The molecule has 0 spiro atoms. The Balaban J connectivity index is 1.22. The van der Waals surface area contributed by atoms with Gasteiger partial charge >= 0.3 is 0 Å². The van der Waals surface area contributed by atoms with Crippen LogP contribution in [0.25, 0.3) is 0 Å². The number of carbonyl (C=O) groups is 1. The molecule has 2 saturated heterocycles. The third-order valence-electron chi connectivity index (χ3n) is 7.29. The lowest BCUT2D eigenvalue weighted by Crippen LogP contribution is -2.52. The molecule has 1 amide bonds. The first kappa shape index (κ1) is 21.6. The minimum absolute atomic E-state index is 0.0237. The summed E-state index contributed by atoms with van der Waals surface area (Å²) in [6.07, 6.45) is 4.32. The van der Waals surface area contributed by atoms with Crippen molar-refractivity contribution < 1.29 is 13.2 Å². The summed E-state index contributed by atoms with van der Waals surface area (Å²) in [6, 6.07) is 17.1. The minimum atomic E-state index is -3.65. The molecule has 0 saturated carbocycles. The van der Waals surface area contributed by atoms with Gasteiger partial charge in [-0.15, -0.1) is 0 Å². The van der Waals surface area contributed by atoms with Gasteiger partial charge in [-0.1, -0.05) is 42.5 Å². The van der Waals surface area contributed by atoms with Crippen molar-refractivity contribution in [3.63, 3.8) is 0 Å². The zero-order valence-electron chi connectivity index (χ0n) is 18.4. The fraction of sp³-hybridized carbons (Fsp3) is 0.480. The largest absolute Gasteiger partial charge is 0.341 e. The fourth-order valence-corrected chi connectivity index (χ4v) is 7.17. The molecule has 2 aromatic rings. The fourth-order valence-electron chi connectivity index (χ4n) is 5.49. The molecule has 0 aliphatic carbocycles. The number of piperidine rings is 1. The summed E-state index contributed by atoms with van der Waals surface area (Å²) < 4.78 is 27.7. The van der Waals surface area contributed by atoms with E-state index in [-0.39, 0.29) is 10.8 Å². The predicted octanol–water partition coefficient (Wildman–Crippen LogP) is 2.89. The van der Waals surface area contributed by atoms with E-state index in [1.807, 2.05) is 4.90 Å². The molecule has 0 radical (unpaired) electrons. The van der Waals surface area contributed by atoms with Gasteiger partial charge in [0.25, 0.3) is 0 Å². The van der Waals surface area contributed by atoms with Crippen LogP contribution < -0.4 is 0 Å². The van der Waals surface area contributed by atoms with E-state index in [1.54, 1.807) is 30.3 Å². The highest BCUT2D eigenvalue weighted by molar-refractivity contribution is 7.89. The summed E-state index contributed by atoms with van der Waals surface area (Å²) in [5.74, 6) is -0.0237. The zero-order chi connectivity index (χ0) is 22.1. The Bertz CT molecular complexity index is 1060. The maximum atomic E-state index is 13.3. The van der Waals surface area contributed by atoms with E-state index in [1.165, 1.54) is 15.4 Å². The molecule has 3 aliphatic rings. The normalized spacial score (nSPS) is 23.2. The first-order valence-electron chi connectivity index (χ1n) is 11.7. The summed E-state index contributed by atoms with van der Waals surface area (Å²) in [5, 5.41) is 0. The highest BCUT2D eigenvalue weighted by Crippen LogP contribution is 2.29. The number of amides is 1. The highest BCUT2D eigenvalue weighted by Gasteiger charge is 2.42. The SMILES string of the molecule is O=C(C1CCCN1S(=O)(=O)c1ccccc1)N1CCC(N2CCc3ccccc3C2)CC1. The Hall–Kier alpha value is -2.22. The van der Waals surface area contributed by atoms with E-state index in [9.17, 15) is 13.2 Å². The number of carbonyl (C=O) groups excluding carboxylic acids is 1. The molecule has 170 valence electrons. The zero-order valence-corrected chi connectivity index (χ0v) is 19.2. The third kappa shape index (κ3) is 4.09. The Labute approximate surface area is 190 Å². The van der Waals surface area contributed by atoms with Crippen LogP contribution in [-0.2, 0) is 27.8 Å². The van der Waals surface area contributed by atoms with Crippen LogP contribution >= 0.6 is 0 Å². The van der Waals surface area contributed by atoms with Crippen molar-refractivity contribution in [2.75, 3.05) is 26.2 Å². The van der Waals surface area contributed by atoms with Gasteiger partial charge in [-0.25, -0.2) is 8.42 Å². The maximum Gasteiger partial charge on any atom is 0.243 e. The molecule has 0 aromatic heterocycles. The Morgan fingerprint density at radius 2 is 1.50 bits per heavy atom. The van der Waals surface area contributed by atoms with Crippen molar-refractivity contribution in [2.45, 2.75) is 55.6 Å². The van der Waals surface area contributed by atoms with E-state index in [4.69, 9.17) is 0 Å². The number of hydrogen-bond acceptors (Lipinski definition) is 4. The molecule has 32 heavy (non-hydrogen) atoms. The lowest BCUT2D eigenvalue weighted by molar-refractivity contribution is -0.136. The first-order valence-corrected chi connectivity index (χ1v) is 13.1. The molecule has 2 aromatic carbocycles. The topological polar surface area (TPSA) is 60.9 Å². The molecule has 0 bridgehead atoms. The van der Waals surface area contributed by atoms with Crippen LogP contribution in [0, 0.1) is 0 Å². The predicted molar refractivity (Wildman–Crippen MR) is 124 cm³/mol. The lowest BCUT2D eigenvalue weighted by Gasteiger charge is -2.41. The number of benzene rings is 2. The molecule has 7 heteroatoms. The monoisotopic (exact) mass is 453 g/mol. The summed E-state index contributed by atoms with van der Waals surface area (Å²) in [7, 11) is -3.65. The van der Waals surface area contributed by atoms with E-state index < -0.39 is 16.1 Å². The van der Waals surface area contributed by atoms with Gasteiger partial charge in [-0.3, -0.25) is 9.69 Å². The van der Waals surface area contributed by atoms with Crippen molar-refractivity contribution in [2.24, 2.45) is 0 Å². The van der Waals surface area contributed by atoms with Crippen molar-refractivity contribution in [3.05, 3.63) is 65.7 Å². The number of nitrogens with zero attached hydrogens (tertiary/aromatic N) is 3. The van der Waals surface area contributed by atoms with Gasteiger partial charge < -0.3 is 4.90 Å². The molecular weight excluding hydrogens is 422 g/mol. The summed E-state index contributed by atoms with van der Waals surface area (Å²) in [5.41, 5.74) is 2.88. The van der Waals surface area contributed by atoms with Crippen LogP contribution in [0.2, 0.25) is 0 Å². The highest BCUT2D eigenvalue weighted by atomic mass is 32.2. The number of hydrogen-bond donors (Lipinski definition) is 0. The Kier molecular flexibility index (Phi) is 6.05. The van der Waals surface area contributed by atoms with Crippen LogP contribution in [0.3, 0.4) is 0 Å². The van der Waals surface area contributed by atoms with Gasteiger partial charge in [0, 0.05) is 38.8 Å². The standard InChI is InChI=1S/C25H31N3O3S/c29-25(24-11-6-15-28(24)32(30,31)23-9-2-1-3-10-23)26-17-13-22(14-18-26)27-16-12-20-7-4-5-8-21(20)19-27/h1-5,7-10,22,24H,6,11-19H2. The lowest BCUT2D eigenvalue weighted by atomic mass is 9.95. The molecule has 3 aliphatic heterocycles. The Morgan fingerprint density at radius 1 is 0.812 bits per heavy atom. The third-order valence-corrected chi connectivity index (χ3v) is 9.21. The van der Waals surface area contributed by atoms with Crippen LogP contribution in [0.1, 0.15) is 36.8 Å². The average molecular weight is 454 g/mol. The number of fused-ring (bicyclic) bond motifs is 1. The van der Waals surface area contributed by atoms with Crippen molar-refractivity contribution in [1.82, 2.24) is 14.1 Å². The summed E-state index contributed by atoms with van der Waals surface area (Å²) in [4.78, 5) is 18.1. The van der Waals surface area contributed by atoms with Gasteiger partial charge in [-0.2, -0.15) is 4.31 Å². The van der Waals surface area contributed by atoms with Crippen molar-refractivity contribution >= 4 is 15.9 Å².